The zero-order chi connectivity index (χ0) is 20.3. The van der Waals surface area contributed by atoms with E-state index in [-0.39, 0.29) is 5.91 Å². The van der Waals surface area contributed by atoms with Crippen molar-refractivity contribution in [1.82, 2.24) is 9.99 Å². The van der Waals surface area contributed by atoms with Gasteiger partial charge in [-0.05, 0) is 61.9 Å². The number of hydrazone groups is 1. The highest BCUT2D eigenvalue weighted by atomic mass is 35.5. The van der Waals surface area contributed by atoms with Crippen LogP contribution in [0, 0.1) is 13.8 Å². The highest BCUT2D eigenvalue weighted by Gasteiger charge is 2.12. The zero-order valence-corrected chi connectivity index (χ0v) is 17.2. The van der Waals surface area contributed by atoms with E-state index >= 15 is 0 Å². The molecule has 0 radical (unpaired) electrons. The van der Waals surface area contributed by atoms with Gasteiger partial charge in [0.15, 0.2) is 0 Å². The molecule has 0 saturated heterocycles. The van der Waals surface area contributed by atoms with Crippen molar-refractivity contribution in [2.75, 3.05) is 19.0 Å². The molecule has 0 unspecified atom stereocenters. The second-order valence-corrected chi connectivity index (χ2v) is 7.21. The number of nitrogens with one attached hydrogen (secondary N) is 1. The molecular weight excluding hydrogens is 372 g/mol. The Morgan fingerprint density at radius 3 is 2.25 bits per heavy atom. The molecule has 0 aliphatic rings. The first kappa shape index (κ1) is 19.7. The lowest BCUT2D eigenvalue weighted by atomic mass is 10.2. The van der Waals surface area contributed by atoms with Crippen LogP contribution in [0.5, 0.6) is 0 Å². The molecule has 1 heterocycles. The summed E-state index contributed by atoms with van der Waals surface area (Å²) in [6.45, 7) is 4.06. The van der Waals surface area contributed by atoms with Gasteiger partial charge in [0.2, 0.25) is 0 Å². The van der Waals surface area contributed by atoms with Gasteiger partial charge in [-0.25, -0.2) is 5.43 Å². The van der Waals surface area contributed by atoms with E-state index in [0.29, 0.717) is 10.6 Å². The number of halogens is 1. The largest absolute Gasteiger partial charge is 0.378 e. The van der Waals surface area contributed by atoms with Crippen molar-refractivity contribution in [3.05, 3.63) is 82.1 Å². The van der Waals surface area contributed by atoms with E-state index in [1.807, 2.05) is 75.3 Å². The normalized spacial score (nSPS) is 11.0. The number of anilines is 1. The molecule has 0 bridgehead atoms. The van der Waals surface area contributed by atoms with Gasteiger partial charge in [0.05, 0.1) is 16.8 Å². The SMILES string of the molecule is Cc1ccc(C)n1-c1ccc(C(=O)N/N=C\c2ccc(N(C)C)cc2)c(Cl)c1. The summed E-state index contributed by atoms with van der Waals surface area (Å²) in [6.07, 6.45) is 1.60. The van der Waals surface area contributed by atoms with Crippen LogP contribution in [0.2, 0.25) is 5.02 Å². The molecule has 1 N–H and O–H groups in total. The van der Waals surface area contributed by atoms with E-state index < -0.39 is 0 Å². The van der Waals surface area contributed by atoms with Crippen LogP contribution in [0.4, 0.5) is 5.69 Å². The third-order valence-electron chi connectivity index (χ3n) is 4.52. The van der Waals surface area contributed by atoms with Crippen LogP contribution in [0.25, 0.3) is 5.69 Å². The lowest BCUT2D eigenvalue weighted by molar-refractivity contribution is 0.0955. The maximum Gasteiger partial charge on any atom is 0.272 e. The van der Waals surface area contributed by atoms with Crippen LogP contribution < -0.4 is 10.3 Å². The minimum Gasteiger partial charge on any atom is -0.378 e. The number of carbonyl (C=O) groups is 1. The number of aromatic nitrogens is 1. The summed E-state index contributed by atoms with van der Waals surface area (Å²) >= 11 is 6.36. The van der Waals surface area contributed by atoms with Crippen molar-refractivity contribution in [3.8, 4) is 5.69 Å². The van der Waals surface area contributed by atoms with Gasteiger partial charge in [-0.2, -0.15) is 5.10 Å². The Hall–Kier alpha value is -3.05. The third kappa shape index (κ3) is 4.26. The molecule has 3 aromatic rings. The van der Waals surface area contributed by atoms with Gasteiger partial charge >= 0.3 is 0 Å². The van der Waals surface area contributed by atoms with E-state index in [4.69, 9.17) is 11.6 Å². The average Bonchev–Trinajstić information content (AvgIpc) is 3.00. The summed E-state index contributed by atoms with van der Waals surface area (Å²) in [6, 6.07) is 17.3. The Morgan fingerprint density at radius 1 is 1.04 bits per heavy atom. The van der Waals surface area contributed by atoms with Crippen molar-refractivity contribution in [1.29, 1.82) is 0 Å². The maximum absolute atomic E-state index is 12.4. The van der Waals surface area contributed by atoms with E-state index in [1.54, 1.807) is 18.3 Å². The summed E-state index contributed by atoms with van der Waals surface area (Å²) in [5.41, 5.74) is 8.04. The lowest BCUT2D eigenvalue weighted by Gasteiger charge is -2.12. The quantitative estimate of drug-likeness (QED) is 0.508. The molecule has 28 heavy (non-hydrogen) atoms. The molecule has 0 saturated carbocycles. The number of hydrogen-bond donors (Lipinski definition) is 1. The molecule has 1 aromatic heterocycles. The van der Waals surface area contributed by atoms with Crippen molar-refractivity contribution in [2.45, 2.75) is 13.8 Å². The summed E-state index contributed by atoms with van der Waals surface area (Å²) in [5, 5.41) is 4.41. The number of rotatable bonds is 5. The molecule has 0 atom stereocenters. The standard InChI is InChI=1S/C22H23ClN4O/c1-15-5-6-16(2)27(15)19-11-12-20(21(23)13-19)22(28)25-24-14-17-7-9-18(10-8-17)26(3)4/h5-14H,1-4H3,(H,25,28)/b24-14-. The maximum atomic E-state index is 12.4. The molecular formula is C22H23ClN4O. The van der Waals surface area contributed by atoms with Crippen LogP contribution in [0.3, 0.4) is 0 Å². The highest BCUT2D eigenvalue weighted by molar-refractivity contribution is 6.34. The number of carbonyl (C=O) groups excluding carboxylic acids is 1. The fourth-order valence-corrected chi connectivity index (χ4v) is 3.25. The zero-order valence-electron chi connectivity index (χ0n) is 16.4. The average molecular weight is 395 g/mol. The minimum atomic E-state index is -0.348. The van der Waals surface area contributed by atoms with E-state index in [2.05, 4.69) is 15.1 Å². The predicted molar refractivity (Wildman–Crippen MR) is 116 cm³/mol. The first-order valence-corrected chi connectivity index (χ1v) is 9.30. The van der Waals surface area contributed by atoms with Crippen LogP contribution in [-0.2, 0) is 0 Å². The van der Waals surface area contributed by atoms with Gasteiger partial charge in [-0.1, -0.05) is 23.7 Å². The Morgan fingerprint density at radius 2 is 1.68 bits per heavy atom. The van der Waals surface area contributed by atoms with Crippen molar-refractivity contribution in [2.24, 2.45) is 5.10 Å². The fraction of sp³-hybridized carbons (Fsp3) is 0.182. The summed E-state index contributed by atoms with van der Waals surface area (Å²) < 4.78 is 2.09. The number of benzene rings is 2. The Labute approximate surface area is 170 Å². The lowest BCUT2D eigenvalue weighted by Crippen LogP contribution is -2.18. The summed E-state index contributed by atoms with van der Waals surface area (Å²) in [7, 11) is 3.97. The monoisotopic (exact) mass is 394 g/mol. The van der Waals surface area contributed by atoms with E-state index in [0.717, 1.165) is 28.3 Å². The van der Waals surface area contributed by atoms with Crippen LogP contribution >= 0.6 is 11.6 Å². The molecule has 0 aliphatic carbocycles. The molecule has 1 amide bonds. The second kappa shape index (κ2) is 8.31. The highest BCUT2D eigenvalue weighted by Crippen LogP contribution is 2.23. The topological polar surface area (TPSA) is 49.6 Å². The molecule has 2 aromatic carbocycles. The van der Waals surface area contributed by atoms with Gasteiger partial charge in [0.25, 0.3) is 5.91 Å². The van der Waals surface area contributed by atoms with Crippen LogP contribution in [-0.4, -0.2) is 30.8 Å². The van der Waals surface area contributed by atoms with Crippen molar-refractivity contribution < 1.29 is 4.79 Å². The van der Waals surface area contributed by atoms with Gasteiger partial charge in [-0.3, -0.25) is 4.79 Å². The summed E-state index contributed by atoms with van der Waals surface area (Å²) in [5.74, 6) is -0.348. The van der Waals surface area contributed by atoms with Gasteiger partial charge in [0, 0.05) is 36.9 Å². The van der Waals surface area contributed by atoms with Crippen LogP contribution in [0.15, 0.2) is 59.7 Å². The number of nitrogens with zero attached hydrogens (tertiary/aromatic N) is 3. The molecule has 3 rings (SSSR count). The van der Waals surface area contributed by atoms with Crippen molar-refractivity contribution >= 4 is 29.4 Å². The van der Waals surface area contributed by atoms with Gasteiger partial charge in [-0.15, -0.1) is 0 Å². The third-order valence-corrected chi connectivity index (χ3v) is 4.83. The van der Waals surface area contributed by atoms with Gasteiger partial charge in [0.1, 0.15) is 0 Å². The Bertz CT molecular complexity index is 1000. The fourth-order valence-electron chi connectivity index (χ4n) is 2.99. The van der Waals surface area contributed by atoms with E-state index in [9.17, 15) is 4.79 Å². The first-order chi connectivity index (χ1) is 13.4. The number of aryl methyl sites for hydroxylation is 2. The molecule has 0 fully saturated rings. The smallest absolute Gasteiger partial charge is 0.272 e. The minimum absolute atomic E-state index is 0.348. The number of hydrogen-bond acceptors (Lipinski definition) is 3. The van der Waals surface area contributed by atoms with Gasteiger partial charge < -0.3 is 9.47 Å². The molecule has 6 heteroatoms. The summed E-state index contributed by atoms with van der Waals surface area (Å²) in [4.78, 5) is 14.4. The Balaban J connectivity index is 1.71. The first-order valence-electron chi connectivity index (χ1n) is 8.92. The number of amides is 1. The molecule has 0 spiro atoms. The van der Waals surface area contributed by atoms with Crippen LogP contribution in [0.1, 0.15) is 27.3 Å². The molecule has 144 valence electrons. The second-order valence-electron chi connectivity index (χ2n) is 6.80. The molecule has 0 aliphatic heterocycles. The van der Waals surface area contributed by atoms with Crippen molar-refractivity contribution in [3.63, 3.8) is 0 Å². The Kier molecular flexibility index (Phi) is 5.85. The molecule has 5 nitrogen and oxygen atoms in total. The van der Waals surface area contributed by atoms with E-state index in [1.165, 1.54) is 0 Å². The predicted octanol–water partition coefficient (Wildman–Crippen LogP) is 4.58.